The molecule has 0 aliphatic carbocycles. The maximum Gasteiger partial charge on any atom is 0.264 e. The number of aliphatic hydroxyl groups excluding tert-OH is 1. The zero-order chi connectivity index (χ0) is 48.9. The summed E-state index contributed by atoms with van der Waals surface area (Å²) in [6.07, 6.45) is 6.64. The van der Waals surface area contributed by atoms with Crippen LogP contribution in [0.2, 0.25) is 0 Å². The van der Waals surface area contributed by atoms with Gasteiger partial charge in [-0.25, -0.2) is 0 Å². The molecule has 4 amide bonds. The van der Waals surface area contributed by atoms with Gasteiger partial charge in [-0.15, -0.1) is 0 Å². The van der Waals surface area contributed by atoms with Crippen molar-refractivity contribution in [2.45, 2.75) is 81.3 Å². The molecule has 4 fully saturated rings. The molecule has 0 bridgehead atoms. The molecule has 6 heterocycles. The van der Waals surface area contributed by atoms with E-state index in [1.807, 2.05) is 114 Å². The second kappa shape index (κ2) is 18.7. The standard InChI is InChI=1S/C57H62N8O6/c1-40(12-10-21-51(67)60-36-43-15-9-8-14-42(43)33-48(60)37-66)57(71)49-34-47(63-39-65(45-18-6-3-7-19-45)56(53(63)69)26-30-59-31-27-56)22-23-50(49)61(54(57)70)35-41-13-11-20-46(32-41)62-38-64(44-16-4-2-5-17-44)55(52(62)68)24-28-58-29-25-55/h2-20,22-23,32,34,40,48,58-59,66,71H,21,24-31,33,35-39H2,1H3/b12-10+/t40-,48+,57+/m1/s1. The Kier molecular flexibility index (Phi) is 12.3. The number of aliphatic hydroxyl groups is 2. The molecule has 4 N–H and O–H groups in total. The molecule has 366 valence electrons. The van der Waals surface area contributed by atoms with Crippen LogP contribution >= 0.6 is 0 Å². The number of fused-ring (bicyclic) bond motifs is 2. The third-order valence-electron chi connectivity index (χ3n) is 16.3. The summed E-state index contributed by atoms with van der Waals surface area (Å²) < 4.78 is 0. The van der Waals surface area contributed by atoms with Gasteiger partial charge in [-0.3, -0.25) is 29.0 Å². The van der Waals surface area contributed by atoms with Crippen LogP contribution in [0.5, 0.6) is 0 Å². The first-order chi connectivity index (χ1) is 34.6. The number of rotatable bonds is 11. The SMILES string of the molecule is C[C@H](/C=C/CC(=O)N1Cc2ccccc2C[C@H]1CO)[C@@]1(O)C(=O)N(Cc2cccc(N3CN(c4ccccc4)C4(CCNCC4)C3=O)c2)c2ccc(N3CN(c4ccccc4)C4(CCNCC4)C3=O)cc21. The largest absolute Gasteiger partial charge is 0.394 e. The van der Waals surface area contributed by atoms with Gasteiger partial charge in [0.1, 0.15) is 11.1 Å². The van der Waals surface area contributed by atoms with Crippen LogP contribution in [-0.4, -0.2) is 102 Å². The number of para-hydroxylation sites is 2. The molecule has 0 aromatic heterocycles. The molecule has 5 aromatic rings. The van der Waals surface area contributed by atoms with Crippen molar-refractivity contribution in [3.8, 4) is 0 Å². The summed E-state index contributed by atoms with van der Waals surface area (Å²) in [6, 6.07) is 40.9. The summed E-state index contributed by atoms with van der Waals surface area (Å²) in [5.41, 5.74) is 3.57. The molecule has 5 aromatic carbocycles. The number of piperidine rings is 2. The highest BCUT2D eigenvalue weighted by molar-refractivity contribution is 6.10. The third-order valence-corrected chi connectivity index (χ3v) is 16.3. The summed E-state index contributed by atoms with van der Waals surface area (Å²) in [5.74, 6) is -1.46. The smallest absolute Gasteiger partial charge is 0.264 e. The van der Waals surface area contributed by atoms with Crippen molar-refractivity contribution in [1.29, 1.82) is 0 Å². The lowest BCUT2D eigenvalue weighted by Gasteiger charge is -2.39. The fourth-order valence-corrected chi connectivity index (χ4v) is 12.3. The van der Waals surface area contributed by atoms with E-state index in [0.717, 1.165) is 46.8 Å². The number of benzene rings is 5. The van der Waals surface area contributed by atoms with E-state index in [4.69, 9.17) is 0 Å². The molecule has 14 heteroatoms. The van der Waals surface area contributed by atoms with E-state index in [2.05, 4.69) is 32.6 Å². The van der Waals surface area contributed by atoms with Gasteiger partial charge in [0.2, 0.25) is 5.91 Å². The highest BCUT2D eigenvalue weighted by Crippen LogP contribution is 2.49. The highest BCUT2D eigenvalue weighted by atomic mass is 16.3. The topological polar surface area (TPSA) is 152 Å². The Morgan fingerprint density at radius 3 is 1.82 bits per heavy atom. The second-order valence-electron chi connectivity index (χ2n) is 20.1. The molecule has 6 aliphatic rings. The molecule has 0 unspecified atom stereocenters. The minimum absolute atomic E-state index is 0.0138. The molecular formula is C57H62N8O6. The molecule has 2 spiro atoms. The number of carbonyl (C=O) groups excluding carboxylic acids is 4. The average Bonchev–Trinajstić information content (AvgIpc) is 3.93. The monoisotopic (exact) mass is 954 g/mol. The van der Waals surface area contributed by atoms with Gasteiger partial charge in [-0.05, 0) is 130 Å². The molecule has 14 nitrogen and oxygen atoms in total. The summed E-state index contributed by atoms with van der Waals surface area (Å²) in [6.45, 7) is 5.67. The van der Waals surface area contributed by atoms with Crippen LogP contribution in [0.15, 0.2) is 140 Å². The molecular weight excluding hydrogens is 893 g/mol. The summed E-state index contributed by atoms with van der Waals surface area (Å²) in [5, 5.41) is 30.3. The summed E-state index contributed by atoms with van der Waals surface area (Å²) in [7, 11) is 0. The lowest BCUT2D eigenvalue weighted by molar-refractivity contribution is -0.139. The van der Waals surface area contributed by atoms with E-state index in [-0.39, 0.29) is 43.3 Å². The molecule has 4 saturated heterocycles. The Hall–Kier alpha value is -6.84. The fraction of sp³-hybridized carbons (Fsp3) is 0.368. The molecule has 0 radical (unpaired) electrons. The minimum Gasteiger partial charge on any atom is -0.394 e. The van der Waals surface area contributed by atoms with Crippen molar-refractivity contribution in [3.63, 3.8) is 0 Å². The van der Waals surface area contributed by atoms with E-state index >= 15 is 4.79 Å². The Labute approximate surface area is 415 Å². The summed E-state index contributed by atoms with van der Waals surface area (Å²) >= 11 is 0. The van der Waals surface area contributed by atoms with E-state index < -0.39 is 28.5 Å². The molecule has 71 heavy (non-hydrogen) atoms. The molecule has 3 atom stereocenters. The van der Waals surface area contributed by atoms with Crippen LogP contribution in [0, 0.1) is 5.92 Å². The number of hydrogen-bond acceptors (Lipinski definition) is 10. The quantitative estimate of drug-likeness (QED) is 0.119. The van der Waals surface area contributed by atoms with Gasteiger partial charge >= 0.3 is 0 Å². The number of carbonyl (C=O) groups is 4. The van der Waals surface area contributed by atoms with Crippen LogP contribution < -0.4 is 35.1 Å². The number of anilines is 5. The third kappa shape index (κ3) is 7.88. The summed E-state index contributed by atoms with van der Waals surface area (Å²) in [4.78, 5) is 69.9. The first-order valence-corrected chi connectivity index (χ1v) is 25.2. The van der Waals surface area contributed by atoms with Crippen molar-refractivity contribution >= 4 is 52.1 Å². The lowest BCUT2D eigenvalue weighted by Crippen LogP contribution is -2.55. The Morgan fingerprint density at radius 2 is 1.23 bits per heavy atom. The molecule has 6 aliphatic heterocycles. The first-order valence-electron chi connectivity index (χ1n) is 25.2. The highest BCUT2D eigenvalue weighted by Gasteiger charge is 2.57. The maximum atomic E-state index is 15.2. The van der Waals surface area contributed by atoms with E-state index in [9.17, 15) is 24.6 Å². The fourth-order valence-electron chi connectivity index (χ4n) is 12.3. The van der Waals surface area contributed by atoms with E-state index in [1.54, 1.807) is 39.8 Å². The zero-order valence-electron chi connectivity index (χ0n) is 40.3. The molecule has 11 rings (SSSR count). The van der Waals surface area contributed by atoms with Gasteiger partial charge in [0.05, 0.1) is 38.2 Å². The lowest BCUT2D eigenvalue weighted by atomic mass is 9.82. The van der Waals surface area contributed by atoms with Crippen LogP contribution in [0.3, 0.4) is 0 Å². The number of amides is 4. The Balaban J connectivity index is 0.914. The zero-order valence-corrected chi connectivity index (χ0v) is 40.3. The van der Waals surface area contributed by atoms with Crippen molar-refractivity contribution in [3.05, 3.63) is 162 Å². The van der Waals surface area contributed by atoms with Crippen LogP contribution in [0.4, 0.5) is 28.4 Å². The van der Waals surface area contributed by atoms with Gasteiger partial charge in [0, 0.05) is 47.2 Å². The van der Waals surface area contributed by atoms with Crippen molar-refractivity contribution < 1.29 is 29.4 Å². The Bertz CT molecular complexity index is 2870. The predicted molar refractivity (Wildman–Crippen MR) is 275 cm³/mol. The van der Waals surface area contributed by atoms with Gasteiger partial charge in [0.15, 0.2) is 5.60 Å². The van der Waals surface area contributed by atoms with E-state index in [0.29, 0.717) is 82.0 Å². The van der Waals surface area contributed by atoms with E-state index in [1.165, 1.54) is 0 Å². The Morgan fingerprint density at radius 1 is 0.676 bits per heavy atom. The minimum atomic E-state index is -2.07. The molecule has 0 saturated carbocycles. The first kappa shape index (κ1) is 46.5. The van der Waals surface area contributed by atoms with Crippen molar-refractivity contribution in [2.75, 3.05) is 70.6 Å². The number of nitrogens with one attached hydrogen (secondary N) is 2. The van der Waals surface area contributed by atoms with Gasteiger partial charge in [-0.1, -0.05) is 91.9 Å². The maximum absolute atomic E-state index is 15.2. The van der Waals surface area contributed by atoms with Crippen LogP contribution in [-0.2, 0) is 44.3 Å². The normalized spacial score (nSPS) is 23.1. The van der Waals surface area contributed by atoms with Gasteiger partial charge in [0.25, 0.3) is 17.7 Å². The van der Waals surface area contributed by atoms with Crippen molar-refractivity contribution in [2.24, 2.45) is 5.92 Å². The van der Waals surface area contributed by atoms with Gasteiger partial charge in [-0.2, -0.15) is 0 Å². The predicted octanol–water partition coefficient (Wildman–Crippen LogP) is 5.82. The number of nitrogens with zero attached hydrogens (tertiary/aromatic N) is 6. The van der Waals surface area contributed by atoms with Crippen LogP contribution in [0.25, 0.3) is 0 Å². The van der Waals surface area contributed by atoms with Gasteiger partial charge < -0.3 is 40.4 Å². The average molecular weight is 955 g/mol. The van der Waals surface area contributed by atoms with Crippen LogP contribution in [0.1, 0.15) is 61.3 Å². The second-order valence-corrected chi connectivity index (χ2v) is 20.1. The number of hydrogen-bond donors (Lipinski definition) is 4. The van der Waals surface area contributed by atoms with Crippen molar-refractivity contribution in [1.82, 2.24) is 15.5 Å².